The molecule has 0 saturated carbocycles. The molecular weight excluding hydrogens is 395 g/mol. The SMILES string of the molecule is Cc1ccccc1OCCNC(=O)C1CCN(Cc2c(Cl)cccc2Cl)CC1. The quantitative estimate of drug-likeness (QED) is 0.659. The molecule has 1 aliphatic heterocycles. The van der Waals surface area contributed by atoms with Crippen LogP contribution in [0.1, 0.15) is 24.0 Å². The third-order valence-corrected chi connectivity index (χ3v) is 5.86. The number of hydrogen-bond acceptors (Lipinski definition) is 3. The summed E-state index contributed by atoms with van der Waals surface area (Å²) < 4.78 is 5.73. The van der Waals surface area contributed by atoms with Crippen LogP contribution >= 0.6 is 23.2 Å². The van der Waals surface area contributed by atoms with Crippen molar-refractivity contribution in [1.82, 2.24) is 10.2 Å². The topological polar surface area (TPSA) is 41.6 Å². The van der Waals surface area contributed by atoms with Crippen LogP contribution in [-0.4, -0.2) is 37.0 Å². The molecule has 28 heavy (non-hydrogen) atoms. The van der Waals surface area contributed by atoms with E-state index in [0.717, 1.165) is 49.4 Å². The summed E-state index contributed by atoms with van der Waals surface area (Å²) in [5.41, 5.74) is 2.06. The fourth-order valence-electron chi connectivity index (χ4n) is 3.46. The Bertz CT molecular complexity index is 785. The minimum absolute atomic E-state index is 0.0522. The Morgan fingerprint density at radius 2 is 1.79 bits per heavy atom. The summed E-state index contributed by atoms with van der Waals surface area (Å²) in [5.74, 6) is 1.03. The summed E-state index contributed by atoms with van der Waals surface area (Å²) in [6, 6.07) is 13.5. The molecule has 1 amide bonds. The standard InChI is InChI=1S/C22H26Cl2N2O2/c1-16-5-2-3-8-21(16)28-14-11-25-22(27)17-9-12-26(13-10-17)15-18-19(23)6-4-7-20(18)24/h2-8,17H,9-15H2,1H3,(H,25,27). The van der Waals surface area contributed by atoms with E-state index < -0.39 is 0 Å². The van der Waals surface area contributed by atoms with Crippen molar-refractivity contribution in [2.45, 2.75) is 26.3 Å². The summed E-state index contributed by atoms with van der Waals surface area (Å²) in [7, 11) is 0. The fraction of sp³-hybridized carbons (Fsp3) is 0.409. The number of carbonyl (C=O) groups excluding carboxylic acids is 1. The molecule has 1 saturated heterocycles. The first-order valence-corrected chi connectivity index (χ1v) is 10.4. The fourth-order valence-corrected chi connectivity index (χ4v) is 3.98. The zero-order valence-corrected chi connectivity index (χ0v) is 17.6. The monoisotopic (exact) mass is 420 g/mol. The Labute approximate surface area is 176 Å². The average Bonchev–Trinajstić information content (AvgIpc) is 2.70. The molecular formula is C22H26Cl2N2O2. The highest BCUT2D eigenvalue weighted by Crippen LogP contribution is 2.27. The summed E-state index contributed by atoms with van der Waals surface area (Å²) in [6.07, 6.45) is 1.68. The third kappa shape index (κ3) is 5.63. The van der Waals surface area contributed by atoms with Crippen LogP contribution in [0.3, 0.4) is 0 Å². The number of nitrogens with zero attached hydrogens (tertiary/aromatic N) is 1. The molecule has 1 aliphatic rings. The van der Waals surface area contributed by atoms with Gasteiger partial charge in [-0.25, -0.2) is 0 Å². The summed E-state index contributed by atoms with van der Waals surface area (Å²) in [6.45, 7) is 5.44. The van der Waals surface area contributed by atoms with Gasteiger partial charge in [-0.3, -0.25) is 9.69 Å². The minimum atomic E-state index is 0.0522. The number of aryl methyl sites for hydroxylation is 1. The van der Waals surface area contributed by atoms with E-state index in [9.17, 15) is 4.79 Å². The molecule has 1 heterocycles. The molecule has 0 unspecified atom stereocenters. The number of halogens is 2. The lowest BCUT2D eigenvalue weighted by Crippen LogP contribution is -2.41. The minimum Gasteiger partial charge on any atom is -0.491 e. The van der Waals surface area contributed by atoms with E-state index in [1.54, 1.807) is 0 Å². The van der Waals surface area contributed by atoms with Crippen molar-refractivity contribution in [3.05, 3.63) is 63.6 Å². The van der Waals surface area contributed by atoms with Gasteiger partial charge in [0.2, 0.25) is 5.91 Å². The van der Waals surface area contributed by atoms with Gasteiger partial charge in [0.1, 0.15) is 12.4 Å². The second kappa shape index (κ2) is 10.1. The molecule has 3 rings (SSSR count). The van der Waals surface area contributed by atoms with Gasteiger partial charge in [0.15, 0.2) is 0 Å². The molecule has 0 bridgehead atoms. The number of likely N-dealkylation sites (tertiary alicyclic amines) is 1. The van der Waals surface area contributed by atoms with Crippen LogP contribution in [0, 0.1) is 12.8 Å². The van der Waals surface area contributed by atoms with Crippen molar-refractivity contribution in [1.29, 1.82) is 0 Å². The molecule has 2 aromatic rings. The number of carbonyl (C=O) groups is 1. The maximum atomic E-state index is 12.4. The smallest absolute Gasteiger partial charge is 0.223 e. The number of ether oxygens (including phenoxy) is 1. The number of rotatable bonds is 7. The molecule has 6 heteroatoms. The number of piperidine rings is 1. The van der Waals surface area contributed by atoms with E-state index in [-0.39, 0.29) is 11.8 Å². The molecule has 2 aromatic carbocycles. The van der Waals surface area contributed by atoms with Crippen LogP contribution in [0.15, 0.2) is 42.5 Å². The largest absolute Gasteiger partial charge is 0.491 e. The van der Waals surface area contributed by atoms with Crippen molar-refractivity contribution >= 4 is 29.1 Å². The lowest BCUT2D eigenvalue weighted by Gasteiger charge is -2.31. The van der Waals surface area contributed by atoms with Gasteiger partial charge < -0.3 is 10.1 Å². The summed E-state index contributed by atoms with van der Waals surface area (Å²) in [5, 5.41) is 4.39. The highest BCUT2D eigenvalue weighted by Gasteiger charge is 2.25. The van der Waals surface area contributed by atoms with E-state index >= 15 is 0 Å². The van der Waals surface area contributed by atoms with Crippen LogP contribution in [-0.2, 0) is 11.3 Å². The van der Waals surface area contributed by atoms with Gasteiger partial charge in [-0.15, -0.1) is 0 Å². The van der Waals surface area contributed by atoms with E-state index in [1.165, 1.54) is 0 Å². The van der Waals surface area contributed by atoms with Gasteiger partial charge in [-0.05, 0) is 56.6 Å². The van der Waals surface area contributed by atoms with E-state index in [2.05, 4.69) is 10.2 Å². The number of amides is 1. The Kier molecular flexibility index (Phi) is 7.60. The van der Waals surface area contributed by atoms with Crippen LogP contribution in [0.5, 0.6) is 5.75 Å². The maximum absolute atomic E-state index is 12.4. The number of hydrogen-bond donors (Lipinski definition) is 1. The zero-order valence-electron chi connectivity index (χ0n) is 16.1. The molecule has 0 radical (unpaired) electrons. The van der Waals surface area contributed by atoms with Crippen molar-refractivity contribution in [3.63, 3.8) is 0 Å². The normalized spacial score (nSPS) is 15.4. The molecule has 0 atom stereocenters. The lowest BCUT2D eigenvalue weighted by molar-refractivity contribution is -0.126. The second-order valence-electron chi connectivity index (χ2n) is 7.16. The van der Waals surface area contributed by atoms with Crippen LogP contribution in [0.2, 0.25) is 10.0 Å². The average molecular weight is 421 g/mol. The van der Waals surface area contributed by atoms with Crippen molar-refractivity contribution in [2.75, 3.05) is 26.2 Å². The Balaban J connectivity index is 1.38. The van der Waals surface area contributed by atoms with Gasteiger partial charge in [0.25, 0.3) is 0 Å². The Morgan fingerprint density at radius 3 is 2.46 bits per heavy atom. The zero-order chi connectivity index (χ0) is 19.9. The van der Waals surface area contributed by atoms with Gasteiger partial charge >= 0.3 is 0 Å². The molecule has 4 nitrogen and oxygen atoms in total. The first kappa shape index (κ1) is 21.0. The van der Waals surface area contributed by atoms with Gasteiger partial charge in [-0.2, -0.15) is 0 Å². The number of benzene rings is 2. The van der Waals surface area contributed by atoms with Crippen molar-refractivity contribution < 1.29 is 9.53 Å². The molecule has 1 fully saturated rings. The van der Waals surface area contributed by atoms with Crippen LogP contribution < -0.4 is 10.1 Å². The van der Waals surface area contributed by atoms with Crippen molar-refractivity contribution in [2.24, 2.45) is 5.92 Å². The number of para-hydroxylation sites is 1. The predicted molar refractivity (Wildman–Crippen MR) is 114 cm³/mol. The Hall–Kier alpha value is -1.75. The van der Waals surface area contributed by atoms with Crippen LogP contribution in [0.4, 0.5) is 0 Å². The second-order valence-corrected chi connectivity index (χ2v) is 7.97. The predicted octanol–water partition coefficient (Wildman–Crippen LogP) is 4.71. The first-order chi connectivity index (χ1) is 13.5. The number of nitrogens with one attached hydrogen (secondary N) is 1. The van der Waals surface area contributed by atoms with Crippen molar-refractivity contribution in [3.8, 4) is 5.75 Å². The molecule has 1 N–H and O–H groups in total. The van der Waals surface area contributed by atoms with E-state index in [0.29, 0.717) is 23.2 Å². The van der Waals surface area contributed by atoms with Gasteiger partial charge in [0, 0.05) is 28.1 Å². The first-order valence-electron chi connectivity index (χ1n) is 9.66. The molecule has 0 aromatic heterocycles. The van der Waals surface area contributed by atoms with Crippen LogP contribution in [0.25, 0.3) is 0 Å². The maximum Gasteiger partial charge on any atom is 0.223 e. The lowest BCUT2D eigenvalue weighted by atomic mass is 9.95. The molecule has 0 spiro atoms. The molecule has 150 valence electrons. The van der Waals surface area contributed by atoms with Gasteiger partial charge in [0.05, 0.1) is 6.54 Å². The van der Waals surface area contributed by atoms with E-state index in [4.69, 9.17) is 27.9 Å². The highest BCUT2D eigenvalue weighted by atomic mass is 35.5. The molecule has 0 aliphatic carbocycles. The van der Waals surface area contributed by atoms with E-state index in [1.807, 2.05) is 49.4 Å². The highest BCUT2D eigenvalue weighted by molar-refractivity contribution is 6.35. The summed E-state index contributed by atoms with van der Waals surface area (Å²) in [4.78, 5) is 14.7. The Morgan fingerprint density at radius 1 is 1.11 bits per heavy atom. The van der Waals surface area contributed by atoms with Gasteiger partial charge in [-0.1, -0.05) is 47.5 Å². The third-order valence-electron chi connectivity index (χ3n) is 5.15. The summed E-state index contributed by atoms with van der Waals surface area (Å²) >= 11 is 12.5.